The summed E-state index contributed by atoms with van der Waals surface area (Å²) in [6.07, 6.45) is 4.54. The molecule has 0 spiro atoms. The van der Waals surface area contributed by atoms with Crippen molar-refractivity contribution in [2.45, 2.75) is 58.3 Å². The van der Waals surface area contributed by atoms with Crippen LogP contribution in [0.1, 0.15) is 40.0 Å². The minimum absolute atomic E-state index is 0.336. The smallest absolute Gasteiger partial charge is 0.0841 e. The SMILES string of the molecule is CCCOC1CCC1OC(C)C. The van der Waals surface area contributed by atoms with E-state index in [1.165, 1.54) is 12.8 Å². The van der Waals surface area contributed by atoms with E-state index in [0.29, 0.717) is 18.3 Å². The Balaban J connectivity index is 2.11. The molecule has 1 aliphatic carbocycles. The number of rotatable bonds is 5. The normalized spacial score (nSPS) is 29.0. The van der Waals surface area contributed by atoms with Gasteiger partial charge in [-0.3, -0.25) is 0 Å². The molecule has 0 aromatic rings. The van der Waals surface area contributed by atoms with Crippen LogP contribution in [0.3, 0.4) is 0 Å². The zero-order valence-corrected chi connectivity index (χ0v) is 8.38. The highest BCUT2D eigenvalue weighted by Gasteiger charge is 2.32. The van der Waals surface area contributed by atoms with Crippen LogP contribution in [0.4, 0.5) is 0 Å². The Morgan fingerprint density at radius 3 is 2.33 bits per heavy atom. The maximum absolute atomic E-state index is 5.67. The summed E-state index contributed by atoms with van der Waals surface area (Å²) in [5.41, 5.74) is 0. The summed E-state index contributed by atoms with van der Waals surface area (Å²) >= 11 is 0. The van der Waals surface area contributed by atoms with Crippen LogP contribution >= 0.6 is 0 Å². The van der Waals surface area contributed by atoms with Gasteiger partial charge in [0.25, 0.3) is 0 Å². The van der Waals surface area contributed by atoms with Crippen LogP contribution in [0.25, 0.3) is 0 Å². The third-order valence-corrected chi connectivity index (χ3v) is 2.13. The van der Waals surface area contributed by atoms with Crippen molar-refractivity contribution in [3.8, 4) is 0 Å². The number of hydrogen-bond donors (Lipinski definition) is 0. The van der Waals surface area contributed by atoms with E-state index in [4.69, 9.17) is 9.47 Å². The fourth-order valence-corrected chi connectivity index (χ4v) is 1.40. The van der Waals surface area contributed by atoms with Crippen molar-refractivity contribution < 1.29 is 9.47 Å². The van der Waals surface area contributed by atoms with Gasteiger partial charge in [0.05, 0.1) is 18.3 Å². The second-order valence-electron chi connectivity index (χ2n) is 3.71. The van der Waals surface area contributed by atoms with Crippen LogP contribution in [0.2, 0.25) is 0 Å². The van der Waals surface area contributed by atoms with E-state index in [0.717, 1.165) is 13.0 Å². The van der Waals surface area contributed by atoms with E-state index in [-0.39, 0.29) is 0 Å². The Labute approximate surface area is 75.2 Å². The molecule has 1 aliphatic rings. The van der Waals surface area contributed by atoms with Gasteiger partial charge in [0.15, 0.2) is 0 Å². The van der Waals surface area contributed by atoms with Crippen molar-refractivity contribution in [3.63, 3.8) is 0 Å². The van der Waals surface area contributed by atoms with Gasteiger partial charge in [0.1, 0.15) is 0 Å². The minimum atomic E-state index is 0.336. The van der Waals surface area contributed by atoms with Crippen molar-refractivity contribution in [2.75, 3.05) is 6.61 Å². The molecule has 0 saturated heterocycles. The second-order valence-corrected chi connectivity index (χ2v) is 3.71. The van der Waals surface area contributed by atoms with Crippen molar-refractivity contribution in [1.82, 2.24) is 0 Å². The molecule has 1 saturated carbocycles. The summed E-state index contributed by atoms with van der Waals surface area (Å²) < 4.78 is 11.3. The third-order valence-electron chi connectivity index (χ3n) is 2.13. The monoisotopic (exact) mass is 172 g/mol. The predicted molar refractivity (Wildman–Crippen MR) is 49.3 cm³/mol. The number of ether oxygens (including phenoxy) is 2. The predicted octanol–water partition coefficient (Wildman–Crippen LogP) is 2.37. The summed E-state index contributed by atoms with van der Waals surface area (Å²) in [6, 6.07) is 0. The average Bonchev–Trinajstić information content (AvgIpc) is 1.99. The molecule has 2 atom stereocenters. The summed E-state index contributed by atoms with van der Waals surface area (Å²) in [5.74, 6) is 0. The molecule has 0 amide bonds. The molecule has 0 aromatic carbocycles. The Hall–Kier alpha value is -0.0800. The van der Waals surface area contributed by atoms with Gasteiger partial charge in [-0.2, -0.15) is 0 Å². The summed E-state index contributed by atoms with van der Waals surface area (Å²) in [7, 11) is 0. The van der Waals surface area contributed by atoms with Gasteiger partial charge in [0.2, 0.25) is 0 Å². The molecule has 0 radical (unpaired) electrons. The molecule has 12 heavy (non-hydrogen) atoms. The van der Waals surface area contributed by atoms with Gasteiger partial charge in [0, 0.05) is 6.61 Å². The van der Waals surface area contributed by atoms with Crippen LogP contribution in [-0.2, 0) is 9.47 Å². The van der Waals surface area contributed by atoms with Gasteiger partial charge in [-0.05, 0) is 33.1 Å². The molecule has 2 nitrogen and oxygen atoms in total. The summed E-state index contributed by atoms with van der Waals surface area (Å²) in [5, 5.41) is 0. The van der Waals surface area contributed by atoms with Crippen LogP contribution < -0.4 is 0 Å². The lowest BCUT2D eigenvalue weighted by molar-refractivity contribution is -0.144. The molecule has 0 bridgehead atoms. The molecule has 0 heterocycles. The zero-order chi connectivity index (χ0) is 8.97. The highest BCUT2D eigenvalue weighted by atomic mass is 16.5. The molecular formula is C10H20O2. The maximum Gasteiger partial charge on any atom is 0.0841 e. The average molecular weight is 172 g/mol. The van der Waals surface area contributed by atoms with Gasteiger partial charge < -0.3 is 9.47 Å². The number of hydrogen-bond acceptors (Lipinski definition) is 2. The molecule has 0 aromatic heterocycles. The zero-order valence-electron chi connectivity index (χ0n) is 8.38. The lowest BCUT2D eigenvalue weighted by Crippen LogP contribution is -2.42. The first-order valence-corrected chi connectivity index (χ1v) is 5.01. The fraction of sp³-hybridized carbons (Fsp3) is 1.00. The fourth-order valence-electron chi connectivity index (χ4n) is 1.40. The Kier molecular flexibility index (Phi) is 4.02. The van der Waals surface area contributed by atoms with Gasteiger partial charge >= 0.3 is 0 Å². The molecule has 0 N–H and O–H groups in total. The second kappa shape index (κ2) is 4.83. The van der Waals surface area contributed by atoms with Crippen LogP contribution in [0, 0.1) is 0 Å². The van der Waals surface area contributed by atoms with E-state index in [1.54, 1.807) is 0 Å². The van der Waals surface area contributed by atoms with Gasteiger partial charge in [-0.15, -0.1) is 0 Å². The molecule has 0 aliphatic heterocycles. The van der Waals surface area contributed by atoms with E-state index < -0.39 is 0 Å². The highest BCUT2D eigenvalue weighted by Crippen LogP contribution is 2.27. The molecule has 1 fully saturated rings. The van der Waals surface area contributed by atoms with Gasteiger partial charge in [-0.1, -0.05) is 6.92 Å². The van der Waals surface area contributed by atoms with Crippen LogP contribution in [0.15, 0.2) is 0 Å². The van der Waals surface area contributed by atoms with Crippen LogP contribution in [0.5, 0.6) is 0 Å². The van der Waals surface area contributed by atoms with Crippen molar-refractivity contribution in [1.29, 1.82) is 0 Å². The van der Waals surface area contributed by atoms with Crippen molar-refractivity contribution in [2.24, 2.45) is 0 Å². The van der Waals surface area contributed by atoms with Crippen LogP contribution in [-0.4, -0.2) is 24.9 Å². The quantitative estimate of drug-likeness (QED) is 0.634. The molecule has 2 heteroatoms. The van der Waals surface area contributed by atoms with E-state index in [1.807, 2.05) is 0 Å². The van der Waals surface area contributed by atoms with E-state index >= 15 is 0 Å². The standard InChI is InChI=1S/C10H20O2/c1-4-7-11-9-5-6-10(9)12-8(2)3/h8-10H,4-7H2,1-3H3. The summed E-state index contributed by atoms with van der Waals surface area (Å²) in [4.78, 5) is 0. The Morgan fingerprint density at radius 2 is 1.92 bits per heavy atom. The lowest BCUT2D eigenvalue weighted by Gasteiger charge is -2.37. The van der Waals surface area contributed by atoms with E-state index in [9.17, 15) is 0 Å². The first kappa shape index (κ1) is 10.0. The molecule has 72 valence electrons. The first-order chi connectivity index (χ1) is 5.74. The molecular weight excluding hydrogens is 152 g/mol. The molecule has 1 rings (SSSR count). The topological polar surface area (TPSA) is 18.5 Å². The molecule has 2 unspecified atom stereocenters. The highest BCUT2D eigenvalue weighted by molar-refractivity contribution is 4.83. The van der Waals surface area contributed by atoms with Crippen molar-refractivity contribution in [3.05, 3.63) is 0 Å². The maximum atomic E-state index is 5.67. The largest absolute Gasteiger partial charge is 0.376 e. The summed E-state index contributed by atoms with van der Waals surface area (Å²) in [6.45, 7) is 7.17. The first-order valence-electron chi connectivity index (χ1n) is 5.01. The minimum Gasteiger partial charge on any atom is -0.376 e. The lowest BCUT2D eigenvalue weighted by atomic mass is 9.91. The van der Waals surface area contributed by atoms with Crippen molar-refractivity contribution >= 4 is 0 Å². The third kappa shape index (κ3) is 2.76. The Bertz CT molecular complexity index is 123. The Morgan fingerprint density at radius 1 is 1.25 bits per heavy atom. The van der Waals surface area contributed by atoms with Gasteiger partial charge in [-0.25, -0.2) is 0 Å². The van der Waals surface area contributed by atoms with E-state index in [2.05, 4.69) is 20.8 Å².